The van der Waals surface area contributed by atoms with Gasteiger partial charge in [0, 0.05) is 17.3 Å². The van der Waals surface area contributed by atoms with Crippen molar-refractivity contribution in [3.63, 3.8) is 0 Å². The van der Waals surface area contributed by atoms with Crippen molar-refractivity contribution in [2.75, 3.05) is 22.6 Å². The van der Waals surface area contributed by atoms with Crippen LogP contribution in [0.1, 0.15) is 49.2 Å². The van der Waals surface area contributed by atoms with Crippen LogP contribution in [0.2, 0.25) is 0 Å². The first-order chi connectivity index (χ1) is 19.4. The quantitative estimate of drug-likeness (QED) is 0.294. The minimum atomic E-state index is -4.11. The fourth-order valence-corrected chi connectivity index (χ4v) is 7.74. The average Bonchev–Trinajstić information content (AvgIpc) is 3.03. The predicted octanol–water partition coefficient (Wildman–Crippen LogP) is 5.94. The van der Waals surface area contributed by atoms with Crippen LogP contribution in [-0.2, 0) is 9.84 Å². The lowest BCUT2D eigenvalue weighted by molar-refractivity contribution is 0.0976. The molecule has 2 N–H and O–H groups in total. The number of carbonyl (C=O) groups is 1. The molecule has 1 amide bonds. The van der Waals surface area contributed by atoms with Gasteiger partial charge >= 0.3 is 0 Å². The number of nitrogens with one attached hydrogen (secondary N) is 1. The standard InChI is InChI=1S/C31H28F2N2O5S/c1-4-5-15-40-19-13-14-20(23(33)16-19)28-29-24(17-31(2,3)18-41(29,38)39)34-27-25(11-8-12-26(27)36)35(28)30(37)21-9-6-7-10-22(21)32/h6-14,16,28,34,36H,15,17-18H2,1-3H3/t28-/m1/s1. The molecule has 2 aliphatic heterocycles. The summed E-state index contributed by atoms with van der Waals surface area (Å²) in [6.07, 6.45) is 0.228. The van der Waals surface area contributed by atoms with Crippen LogP contribution in [0, 0.1) is 28.9 Å². The highest BCUT2D eigenvalue weighted by Gasteiger charge is 2.48. The molecule has 2 heterocycles. The second-order valence-corrected chi connectivity index (χ2v) is 12.7. The highest BCUT2D eigenvalue weighted by atomic mass is 32.2. The second-order valence-electron chi connectivity index (χ2n) is 10.7. The molecule has 0 saturated carbocycles. The molecule has 0 aromatic heterocycles. The number of benzene rings is 3. The molecule has 0 radical (unpaired) electrons. The first-order valence-corrected chi connectivity index (χ1v) is 14.5. The number of halogens is 2. The summed E-state index contributed by atoms with van der Waals surface area (Å²) in [7, 11) is -4.11. The number of fused-ring (bicyclic) bond motifs is 1. The fourth-order valence-electron chi connectivity index (χ4n) is 5.38. The van der Waals surface area contributed by atoms with Gasteiger partial charge in [-0.25, -0.2) is 17.2 Å². The summed E-state index contributed by atoms with van der Waals surface area (Å²) >= 11 is 0. The van der Waals surface area contributed by atoms with Gasteiger partial charge in [0.2, 0.25) is 0 Å². The van der Waals surface area contributed by atoms with Gasteiger partial charge in [-0.15, -0.1) is 5.92 Å². The number of carbonyl (C=O) groups excluding carboxylic acids is 1. The van der Waals surface area contributed by atoms with Crippen LogP contribution in [0.15, 0.2) is 71.3 Å². The Morgan fingerprint density at radius 1 is 1.12 bits per heavy atom. The van der Waals surface area contributed by atoms with Crippen molar-refractivity contribution in [3.8, 4) is 23.3 Å². The van der Waals surface area contributed by atoms with E-state index in [0.717, 1.165) is 17.0 Å². The number of phenolic OH excluding ortho intramolecular Hbond substituents is 1. The Morgan fingerprint density at radius 3 is 2.59 bits per heavy atom. The number of hydrogen-bond acceptors (Lipinski definition) is 6. The molecule has 0 aliphatic carbocycles. The summed E-state index contributed by atoms with van der Waals surface area (Å²) in [6, 6.07) is 12.0. The van der Waals surface area contributed by atoms with Crippen LogP contribution in [0.4, 0.5) is 20.2 Å². The van der Waals surface area contributed by atoms with E-state index in [2.05, 4.69) is 17.2 Å². The first-order valence-electron chi connectivity index (χ1n) is 12.9. The Balaban J connectivity index is 1.82. The molecule has 0 spiro atoms. The Labute approximate surface area is 237 Å². The van der Waals surface area contributed by atoms with Crippen molar-refractivity contribution in [1.29, 1.82) is 0 Å². The molecule has 5 rings (SSSR count). The molecule has 3 aromatic carbocycles. The van der Waals surface area contributed by atoms with Crippen LogP contribution in [-0.4, -0.2) is 31.8 Å². The average molecular weight is 579 g/mol. The summed E-state index contributed by atoms with van der Waals surface area (Å²) < 4.78 is 64.5. The highest BCUT2D eigenvalue weighted by molar-refractivity contribution is 7.95. The van der Waals surface area contributed by atoms with Crippen molar-refractivity contribution in [2.45, 2.75) is 33.2 Å². The van der Waals surface area contributed by atoms with E-state index in [-0.39, 0.29) is 63.4 Å². The second kappa shape index (κ2) is 10.6. The number of hydrogen-bond donors (Lipinski definition) is 2. The smallest absolute Gasteiger partial charge is 0.262 e. The summed E-state index contributed by atoms with van der Waals surface area (Å²) in [4.78, 5) is 15.0. The van der Waals surface area contributed by atoms with Crippen LogP contribution in [0.5, 0.6) is 11.5 Å². The number of sulfone groups is 1. The van der Waals surface area contributed by atoms with Crippen molar-refractivity contribution >= 4 is 27.1 Å². The van der Waals surface area contributed by atoms with Gasteiger partial charge in [0.25, 0.3) is 5.91 Å². The lowest BCUT2D eigenvalue weighted by Crippen LogP contribution is -2.41. The van der Waals surface area contributed by atoms with Crippen LogP contribution < -0.4 is 15.0 Å². The normalized spacial score (nSPS) is 18.7. The minimum Gasteiger partial charge on any atom is -0.506 e. The van der Waals surface area contributed by atoms with E-state index >= 15 is 8.78 Å². The van der Waals surface area contributed by atoms with Gasteiger partial charge in [-0.3, -0.25) is 9.69 Å². The maximum Gasteiger partial charge on any atom is 0.262 e. The Bertz CT molecular complexity index is 1760. The van der Waals surface area contributed by atoms with Crippen molar-refractivity contribution < 1.29 is 31.8 Å². The topological polar surface area (TPSA) is 95.9 Å². The van der Waals surface area contributed by atoms with E-state index in [1.54, 1.807) is 20.8 Å². The van der Waals surface area contributed by atoms with E-state index in [9.17, 15) is 18.3 Å². The molecule has 212 valence electrons. The van der Waals surface area contributed by atoms with E-state index in [1.807, 2.05) is 0 Å². The number of ether oxygens (including phenoxy) is 1. The lowest BCUT2D eigenvalue weighted by Gasteiger charge is -2.37. The molecule has 2 aliphatic rings. The molecular weight excluding hydrogens is 550 g/mol. The molecule has 3 aromatic rings. The van der Waals surface area contributed by atoms with Gasteiger partial charge < -0.3 is 15.2 Å². The third kappa shape index (κ3) is 5.25. The van der Waals surface area contributed by atoms with Crippen LogP contribution >= 0.6 is 0 Å². The number of phenols is 1. The largest absolute Gasteiger partial charge is 0.506 e. The summed E-state index contributed by atoms with van der Waals surface area (Å²) in [5.41, 5.74) is -0.862. The van der Waals surface area contributed by atoms with E-state index in [4.69, 9.17) is 4.74 Å². The number of aromatic hydroxyl groups is 1. The molecule has 41 heavy (non-hydrogen) atoms. The van der Waals surface area contributed by atoms with Crippen LogP contribution in [0.3, 0.4) is 0 Å². The van der Waals surface area contributed by atoms with Gasteiger partial charge in [-0.2, -0.15) is 0 Å². The lowest BCUT2D eigenvalue weighted by atomic mass is 9.88. The zero-order chi connectivity index (χ0) is 29.5. The highest BCUT2D eigenvalue weighted by Crippen LogP contribution is 2.52. The monoisotopic (exact) mass is 578 g/mol. The summed E-state index contributed by atoms with van der Waals surface area (Å²) in [5, 5.41) is 13.9. The molecule has 0 unspecified atom stereocenters. The number of nitrogens with zero attached hydrogens (tertiary/aromatic N) is 1. The predicted molar refractivity (Wildman–Crippen MR) is 152 cm³/mol. The molecule has 0 bridgehead atoms. The van der Waals surface area contributed by atoms with Crippen molar-refractivity contribution in [1.82, 2.24) is 0 Å². The molecule has 0 saturated heterocycles. The zero-order valence-electron chi connectivity index (χ0n) is 22.7. The number of allylic oxidation sites excluding steroid dienone is 1. The van der Waals surface area contributed by atoms with Gasteiger partial charge in [-0.1, -0.05) is 38.0 Å². The summed E-state index contributed by atoms with van der Waals surface area (Å²) in [6.45, 7) is 5.23. The molecule has 10 heteroatoms. The Morgan fingerprint density at radius 2 is 1.88 bits per heavy atom. The van der Waals surface area contributed by atoms with Gasteiger partial charge in [0.05, 0.1) is 21.9 Å². The van der Waals surface area contributed by atoms with Gasteiger partial charge in [0.1, 0.15) is 41.5 Å². The SMILES string of the molecule is CC#CCOc1ccc([C@@H]2C3=C(CC(C)(C)CS3(=O)=O)Nc3c(O)cccc3N2C(=O)c2ccccc2F)c(F)c1. The van der Waals surface area contributed by atoms with E-state index in [0.29, 0.717) is 0 Å². The maximum atomic E-state index is 16.0. The molecule has 7 nitrogen and oxygen atoms in total. The van der Waals surface area contributed by atoms with Gasteiger partial charge in [0.15, 0.2) is 9.84 Å². The summed E-state index contributed by atoms with van der Waals surface area (Å²) in [5.74, 6) is 2.45. The third-order valence-electron chi connectivity index (χ3n) is 7.01. The van der Waals surface area contributed by atoms with Crippen LogP contribution in [0.25, 0.3) is 0 Å². The minimum absolute atomic E-state index is 0.0198. The first kappa shape index (κ1) is 28.2. The maximum absolute atomic E-state index is 16.0. The Kier molecular flexibility index (Phi) is 7.26. The number of para-hydroxylation sites is 1. The number of amides is 1. The molecular formula is C31H28F2N2O5S. The molecule has 1 atom stereocenters. The zero-order valence-corrected chi connectivity index (χ0v) is 23.5. The van der Waals surface area contributed by atoms with Gasteiger partial charge in [-0.05, 0) is 55.2 Å². The fraction of sp³-hybridized carbons (Fsp3) is 0.258. The van der Waals surface area contributed by atoms with Crippen molar-refractivity contribution in [2.24, 2.45) is 5.41 Å². The number of rotatable bonds is 4. The number of anilines is 2. The van der Waals surface area contributed by atoms with E-state index in [1.165, 1.54) is 48.5 Å². The molecule has 0 fully saturated rings. The van der Waals surface area contributed by atoms with E-state index < -0.39 is 38.8 Å². The Hall–Kier alpha value is -4.36. The van der Waals surface area contributed by atoms with Crippen molar-refractivity contribution in [3.05, 3.63) is 94.0 Å². The third-order valence-corrected chi connectivity index (χ3v) is 9.31.